The van der Waals surface area contributed by atoms with Crippen molar-refractivity contribution >= 4 is 17.8 Å². The van der Waals surface area contributed by atoms with Gasteiger partial charge in [0.05, 0.1) is 7.11 Å². The van der Waals surface area contributed by atoms with E-state index in [0.717, 1.165) is 46.8 Å². The van der Waals surface area contributed by atoms with Crippen LogP contribution in [0, 0.1) is 5.92 Å². The van der Waals surface area contributed by atoms with Gasteiger partial charge in [0.1, 0.15) is 18.4 Å². The lowest BCUT2D eigenvalue weighted by molar-refractivity contribution is -0.145. The molecule has 43 heavy (non-hydrogen) atoms. The van der Waals surface area contributed by atoms with Crippen LogP contribution in [-0.4, -0.2) is 55.7 Å². The van der Waals surface area contributed by atoms with Crippen LogP contribution in [0.15, 0.2) is 72.8 Å². The quantitative estimate of drug-likeness (QED) is 0.313. The van der Waals surface area contributed by atoms with Crippen LogP contribution in [0.5, 0.6) is 17.2 Å². The smallest absolute Gasteiger partial charge is 0.328 e. The summed E-state index contributed by atoms with van der Waals surface area (Å²) in [6.45, 7) is 1.94. The molecule has 1 atom stereocenters. The molecule has 9 heteroatoms. The molecule has 1 fully saturated rings. The zero-order valence-electron chi connectivity index (χ0n) is 24.5. The maximum absolute atomic E-state index is 12.9. The number of nitrogens with zero attached hydrogens (tertiary/aromatic N) is 1. The van der Waals surface area contributed by atoms with Crippen LogP contribution in [0.4, 0.5) is 0 Å². The third-order valence-corrected chi connectivity index (χ3v) is 7.94. The number of ether oxygens (including phenoxy) is 4. The highest BCUT2D eigenvalue weighted by Gasteiger charge is 2.27. The SMILES string of the molecule is COC(=O)[C@H](Cc1ccc(OCc2ccccc2)cc1)NC(=O)CC1CCN(C(=O)CCc2ccc3c(c2)OCO3)CC1. The van der Waals surface area contributed by atoms with Crippen LogP contribution in [0.1, 0.15) is 42.4 Å². The minimum absolute atomic E-state index is 0.114. The molecule has 0 bridgehead atoms. The molecule has 2 aliphatic rings. The van der Waals surface area contributed by atoms with Crippen LogP contribution >= 0.6 is 0 Å². The summed E-state index contributed by atoms with van der Waals surface area (Å²) in [4.78, 5) is 40.1. The number of amides is 2. The van der Waals surface area contributed by atoms with Crippen molar-refractivity contribution in [1.29, 1.82) is 0 Å². The molecule has 9 nitrogen and oxygen atoms in total. The molecule has 226 valence electrons. The van der Waals surface area contributed by atoms with Crippen molar-refractivity contribution in [2.45, 2.75) is 51.2 Å². The molecule has 0 aliphatic carbocycles. The van der Waals surface area contributed by atoms with Crippen molar-refractivity contribution < 1.29 is 33.3 Å². The number of nitrogens with one attached hydrogen (secondary N) is 1. The van der Waals surface area contributed by atoms with Gasteiger partial charge >= 0.3 is 5.97 Å². The lowest BCUT2D eigenvalue weighted by Gasteiger charge is -2.32. The number of hydrogen-bond acceptors (Lipinski definition) is 7. The van der Waals surface area contributed by atoms with Crippen molar-refractivity contribution in [2.24, 2.45) is 5.92 Å². The molecule has 3 aromatic carbocycles. The number of piperidine rings is 1. The van der Waals surface area contributed by atoms with E-state index in [2.05, 4.69) is 5.32 Å². The van der Waals surface area contributed by atoms with Gasteiger partial charge in [0, 0.05) is 32.4 Å². The molecule has 0 spiro atoms. The van der Waals surface area contributed by atoms with Crippen LogP contribution in [0.3, 0.4) is 0 Å². The van der Waals surface area contributed by atoms with Gasteiger partial charge in [-0.15, -0.1) is 0 Å². The van der Waals surface area contributed by atoms with E-state index in [4.69, 9.17) is 18.9 Å². The van der Waals surface area contributed by atoms with E-state index in [1.165, 1.54) is 7.11 Å². The van der Waals surface area contributed by atoms with Gasteiger partial charge in [-0.25, -0.2) is 4.79 Å². The second-order valence-electron chi connectivity index (χ2n) is 11.0. The molecule has 0 unspecified atom stereocenters. The molecule has 1 N–H and O–H groups in total. The van der Waals surface area contributed by atoms with Crippen molar-refractivity contribution in [3.05, 3.63) is 89.5 Å². The van der Waals surface area contributed by atoms with Crippen molar-refractivity contribution in [2.75, 3.05) is 27.0 Å². The Bertz CT molecular complexity index is 1390. The van der Waals surface area contributed by atoms with E-state index in [1.807, 2.05) is 77.7 Å². The highest BCUT2D eigenvalue weighted by atomic mass is 16.7. The topological polar surface area (TPSA) is 103 Å². The number of fused-ring (bicyclic) bond motifs is 1. The third kappa shape index (κ3) is 8.50. The van der Waals surface area contributed by atoms with Crippen LogP contribution in [-0.2, 0) is 38.6 Å². The monoisotopic (exact) mass is 586 g/mol. The van der Waals surface area contributed by atoms with Gasteiger partial charge in [0.15, 0.2) is 11.5 Å². The first-order valence-electron chi connectivity index (χ1n) is 14.8. The highest BCUT2D eigenvalue weighted by Crippen LogP contribution is 2.33. The molecule has 3 aromatic rings. The van der Waals surface area contributed by atoms with Gasteiger partial charge in [0.2, 0.25) is 18.6 Å². The van der Waals surface area contributed by atoms with E-state index in [-0.39, 0.29) is 24.5 Å². The Hall–Kier alpha value is -4.53. The molecule has 0 radical (unpaired) electrons. The van der Waals surface area contributed by atoms with Crippen LogP contribution < -0.4 is 19.5 Å². The number of rotatable bonds is 12. The molecular weight excluding hydrogens is 548 g/mol. The highest BCUT2D eigenvalue weighted by molar-refractivity contribution is 5.84. The van der Waals surface area contributed by atoms with E-state index < -0.39 is 12.0 Å². The van der Waals surface area contributed by atoms with Crippen molar-refractivity contribution in [3.63, 3.8) is 0 Å². The number of benzene rings is 3. The summed E-state index contributed by atoms with van der Waals surface area (Å²) in [7, 11) is 1.32. The van der Waals surface area contributed by atoms with Gasteiger partial charge in [0.25, 0.3) is 0 Å². The minimum Gasteiger partial charge on any atom is -0.489 e. The Morgan fingerprint density at radius 2 is 1.63 bits per heavy atom. The molecule has 2 heterocycles. The van der Waals surface area contributed by atoms with Crippen LogP contribution in [0.25, 0.3) is 0 Å². The first-order valence-corrected chi connectivity index (χ1v) is 14.8. The zero-order valence-corrected chi connectivity index (χ0v) is 24.5. The maximum Gasteiger partial charge on any atom is 0.328 e. The molecule has 1 saturated heterocycles. The number of aryl methyl sites for hydroxylation is 1. The largest absolute Gasteiger partial charge is 0.489 e. The van der Waals surface area contributed by atoms with Gasteiger partial charge in [-0.2, -0.15) is 0 Å². The minimum atomic E-state index is -0.786. The number of carbonyl (C=O) groups excluding carboxylic acids is 3. The van der Waals surface area contributed by atoms with E-state index >= 15 is 0 Å². The average Bonchev–Trinajstić information content (AvgIpc) is 3.51. The number of likely N-dealkylation sites (tertiary alicyclic amines) is 1. The van der Waals surface area contributed by atoms with Crippen LogP contribution in [0.2, 0.25) is 0 Å². The molecule has 2 aliphatic heterocycles. The number of methoxy groups -OCH3 is 1. The summed E-state index contributed by atoms with van der Waals surface area (Å²) in [5, 5.41) is 2.87. The van der Waals surface area contributed by atoms with E-state index in [1.54, 1.807) is 0 Å². The Morgan fingerprint density at radius 1 is 0.907 bits per heavy atom. The second-order valence-corrected chi connectivity index (χ2v) is 11.0. The summed E-state index contributed by atoms with van der Waals surface area (Å²) in [5.41, 5.74) is 3.00. The molecule has 0 aromatic heterocycles. The normalized spacial score (nSPS) is 15.0. The molecule has 0 saturated carbocycles. The summed E-state index contributed by atoms with van der Waals surface area (Å²) >= 11 is 0. The fourth-order valence-electron chi connectivity index (χ4n) is 5.44. The Kier molecular flexibility index (Phi) is 10.2. The Balaban J connectivity index is 1.04. The zero-order chi connectivity index (χ0) is 30.0. The first kappa shape index (κ1) is 29.9. The van der Waals surface area contributed by atoms with Gasteiger partial charge < -0.3 is 29.2 Å². The van der Waals surface area contributed by atoms with Gasteiger partial charge in [-0.3, -0.25) is 9.59 Å². The Labute approximate surface area is 252 Å². The standard InChI is InChI=1S/C34H38N2O7/c1-40-34(39)29(19-24-7-11-28(12-8-24)41-22-27-5-3-2-4-6-27)35-32(37)21-26-15-17-36(18-16-26)33(38)14-10-25-9-13-30-31(20-25)43-23-42-30/h2-9,11-13,20,26,29H,10,14-19,21-23H2,1H3,(H,35,37)/t29-/m0/s1. The second kappa shape index (κ2) is 14.6. The molecule has 2 amide bonds. The number of esters is 1. The Morgan fingerprint density at radius 3 is 2.37 bits per heavy atom. The van der Waals surface area contributed by atoms with Crippen molar-refractivity contribution in [3.8, 4) is 17.2 Å². The molecule has 5 rings (SSSR count). The number of carbonyl (C=O) groups is 3. The summed E-state index contributed by atoms with van der Waals surface area (Å²) < 4.78 is 21.6. The lowest BCUT2D eigenvalue weighted by atomic mass is 9.92. The van der Waals surface area contributed by atoms with E-state index in [9.17, 15) is 14.4 Å². The first-order chi connectivity index (χ1) is 21.0. The summed E-state index contributed by atoms with van der Waals surface area (Å²) in [5.74, 6) is 1.77. The van der Waals surface area contributed by atoms with Gasteiger partial charge in [-0.05, 0) is 66.1 Å². The predicted molar refractivity (Wildman–Crippen MR) is 160 cm³/mol. The van der Waals surface area contributed by atoms with Crippen molar-refractivity contribution in [1.82, 2.24) is 10.2 Å². The van der Waals surface area contributed by atoms with Gasteiger partial charge in [-0.1, -0.05) is 48.5 Å². The predicted octanol–water partition coefficient (Wildman–Crippen LogP) is 4.46. The number of hydrogen-bond donors (Lipinski definition) is 1. The lowest BCUT2D eigenvalue weighted by Crippen LogP contribution is -2.44. The fraction of sp³-hybridized carbons (Fsp3) is 0.382. The fourth-order valence-corrected chi connectivity index (χ4v) is 5.44. The molecular formula is C34H38N2O7. The summed E-state index contributed by atoms with van der Waals surface area (Å²) in [6, 6.07) is 22.4. The third-order valence-electron chi connectivity index (χ3n) is 7.94. The average molecular weight is 587 g/mol. The van der Waals surface area contributed by atoms with E-state index in [0.29, 0.717) is 45.4 Å². The summed E-state index contributed by atoms with van der Waals surface area (Å²) in [6.07, 6.45) is 3.17. The maximum atomic E-state index is 12.9.